The quantitative estimate of drug-likeness (QED) is 0.318. The third kappa shape index (κ3) is 3.18. The largest absolute Gasteiger partial charge is 0.481 e. The molecular weight excluding hydrogens is 568 g/mol. The van der Waals surface area contributed by atoms with Gasteiger partial charge in [-0.15, -0.1) is 0 Å². The number of halogens is 2. The topological polar surface area (TPSA) is 54.4 Å². The van der Waals surface area contributed by atoms with Crippen LogP contribution in [0.3, 0.4) is 0 Å². The first-order valence-corrected chi connectivity index (χ1v) is 15.7. The van der Waals surface area contributed by atoms with Gasteiger partial charge in [-0.2, -0.15) is 0 Å². The van der Waals surface area contributed by atoms with Gasteiger partial charge in [0.1, 0.15) is 3.23 Å². The van der Waals surface area contributed by atoms with E-state index in [1.807, 2.05) is 0 Å². The number of aliphatic carboxylic acids is 1. The highest BCUT2D eigenvalue weighted by Gasteiger charge is 2.73. The molecule has 0 bridgehead atoms. The van der Waals surface area contributed by atoms with Crippen LogP contribution >= 0.6 is 31.9 Å². The Hall–Kier alpha value is 0.1000. The smallest absolute Gasteiger partial charge is 0.309 e. The van der Waals surface area contributed by atoms with Crippen LogP contribution in [0.4, 0.5) is 0 Å². The zero-order valence-corrected chi connectivity index (χ0v) is 26.0. The number of fused-ring (bicyclic) bond motifs is 7. The fourth-order valence-corrected chi connectivity index (χ4v) is 14.0. The van der Waals surface area contributed by atoms with E-state index in [2.05, 4.69) is 80.3 Å². The first kappa shape index (κ1) is 26.7. The summed E-state index contributed by atoms with van der Waals surface area (Å²) in [6.07, 6.45) is 9.24. The average Bonchev–Trinajstić information content (AvgIpc) is 3.14. The number of carbonyl (C=O) groups excluding carboxylic acids is 1. The molecule has 0 aliphatic heterocycles. The summed E-state index contributed by atoms with van der Waals surface area (Å²) in [6, 6.07) is 0. The van der Waals surface area contributed by atoms with E-state index in [1.165, 1.54) is 12.8 Å². The highest BCUT2D eigenvalue weighted by atomic mass is 79.9. The lowest BCUT2D eigenvalue weighted by Crippen LogP contribution is -2.68. The molecule has 0 aromatic heterocycles. The molecule has 0 spiro atoms. The molecule has 5 fully saturated rings. The molecule has 0 radical (unpaired) electrons. The predicted octanol–water partition coefficient (Wildman–Crippen LogP) is 8.47. The van der Waals surface area contributed by atoms with Gasteiger partial charge in [0.05, 0.1) is 5.41 Å². The van der Waals surface area contributed by atoms with Crippen molar-refractivity contribution in [1.29, 1.82) is 0 Å². The van der Waals surface area contributed by atoms with E-state index < -0.39 is 14.6 Å². The van der Waals surface area contributed by atoms with Crippen LogP contribution in [0.1, 0.15) is 106 Å². The number of ketones is 1. The highest BCUT2D eigenvalue weighted by Crippen LogP contribution is 2.78. The zero-order chi connectivity index (χ0) is 26.0. The summed E-state index contributed by atoms with van der Waals surface area (Å²) in [5.41, 5.74) is -0.484. The second kappa shape index (κ2) is 7.82. The molecule has 5 rings (SSSR count). The lowest BCUT2D eigenvalue weighted by atomic mass is 9.32. The molecule has 5 saturated carbocycles. The molecular formula is C30H46Br2O3. The van der Waals surface area contributed by atoms with Gasteiger partial charge in [-0.05, 0) is 110 Å². The van der Waals surface area contributed by atoms with Crippen molar-refractivity contribution in [3.8, 4) is 0 Å². The van der Waals surface area contributed by atoms with E-state index in [9.17, 15) is 14.7 Å². The normalized spacial score (nSPS) is 52.3. The van der Waals surface area contributed by atoms with Crippen LogP contribution in [0.25, 0.3) is 0 Å². The van der Waals surface area contributed by atoms with Crippen LogP contribution in [0.2, 0.25) is 0 Å². The predicted molar refractivity (Wildman–Crippen MR) is 148 cm³/mol. The van der Waals surface area contributed by atoms with Crippen molar-refractivity contribution in [1.82, 2.24) is 0 Å². The second-order valence-electron chi connectivity index (χ2n) is 15.0. The first-order chi connectivity index (χ1) is 16.0. The van der Waals surface area contributed by atoms with E-state index in [-0.39, 0.29) is 21.7 Å². The molecule has 0 heterocycles. The molecule has 5 aliphatic rings. The summed E-state index contributed by atoms with van der Waals surface area (Å²) in [7, 11) is 0. The van der Waals surface area contributed by atoms with Gasteiger partial charge in [0.25, 0.3) is 0 Å². The van der Waals surface area contributed by atoms with E-state index in [1.54, 1.807) is 0 Å². The molecule has 1 N–H and O–H groups in total. The summed E-state index contributed by atoms with van der Waals surface area (Å²) >= 11 is 7.67. The molecule has 0 amide bonds. The molecule has 0 aromatic rings. The van der Waals surface area contributed by atoms with Gasteiger partial charge in [0, 0.05) is 5.41 Å². The Balaban J connectivity index is 1.59. The molecule has 5 heteroatoms. The lowest BCUT2D eigenvalue weighted by molar-refractivity contribution is -0.237. The van der Waals surface area contributed by atoms with Gasteiger partial charge in [-0.1, -0.05) is 80.3 Å². The summed E-state index contributed by atoms with van der Waals surface area (Å²) in [4.78, 5) is 26.3. The minimum Gasteiger partial charge on any atom is -0.481 e. The van der Waals surface area contributed by atoms with E-state index in [0.717, 1.165) is 44.9 Å². The van der Waals surface area contributed by atoms with Gasteiger partial charge in [-0.25, -0.2) is 0 Å². The maximum absolute atomic E-state index is 13.5. The van der Waals surface area contributed by atoms with E-state index >= 15 is 0 Å². The third-order valence-corrected chi connectivity index (χ3v) is 14.7. The van der Waals surface area contributed by atoms with Gasteiger partial charge in [0.15, 0.2) is 5.78 Å². The average molecular weight is 615 g/mol. The maximum atomic E-state index is 13.5. The van der Waals surface area contributed by atoms with Crippen molar-refractivity contribution in [3.63, 3.8) is 0 Å². The number of hydrogen-bond donors (Lipinski definition) is 1. The Kier molecular flexibility index (Phi) is 5.97. The van der Waals surface area contributed by atoms with Gasteiger partial charge >= 0.3 is 5.97 Å². The lowest BCUT2D eigenvalue weighted by Gasteiger charge is -2.72. The van der Waals surface area contributed by atoms with Gasteiger partial charge in [0.2, 0.25) is 0 Å². The van der Waals surface area contributed by atoms with Crippen molar-refractivity contribution in [2.45, 2.75) is 109 Å². The number of Topliss-reactive ketones (excluding diaryl/α,β-unsaturated/α-hetero) is 1. The monoisotopic (exact) mass is 612 g/mol. The Morgan fingerprint density at radius 2 is 1.54 bits per heavy atom. The molecule has 0 unspecified atom stereocenters. The number of rotatable bonds is 2. The fraction of sp³-hybridized carbons (Fsp3) is 0.933. The Labute approximate surface area is 229 Å². The van der Waals surface area contributed by atoms with Crippen LogP contribution in [-0.4, -0.2) is 20.1 Å². The van der Waals surface area contributed by atoms with Gasteiger partial charge in [-0.3, -0.25) is 9.59 Å². The first-order valence-electron chi connectivity index (χ1n) is 14.2. The molecule has 0 saturated heterocycles. The fourth-order valence-electron chi connectivity index (χ4n) is 11.7. The van der Waals surface area contributed by atoms with Crippen molar-refractivity contribution >= 4 is 43.6 Å². The highest BCUT2D eigenvalue weighted by molar-refractivity contribution is 9.25. The van der Waals surface area contributed by atoms with E-state index in [4.69, 9.17) is 0 Å². The van der Waals surface area contributed by atoms with Crippen LogP contribution in [-0.2, 0) is 9.59 Å². The zero-order valence-electron chi connectivity index (χ0n) is 22.8. The maximum Gasteiger partial charge on any atom is 0.309 e. The van der Waals surface area contributed by atoms with Crippen LogP contribution in [0, 0.1) is 62.6 Å². The minimum absolute atomic E-state index is 0.0693. The van der Waals surface area contributed by atoms with Crippen molar-refractivity contribution < 1.29 is 14.7 Å². The van der Waals surface area contributed by atoms with Gasteiger partial charge < -0.3 is 5.11 Å². The van der Waals surface area contributed by atoms with E-state index in [0.29, 0.717) is 41.3 Å². The molecule has 198 valence electrons. The molecule has 9 atom stereocenters. The standard InChI is InChI=1S/C30H46Br2O3/c1-17(2)18-10-13-29(24(34)35)15-14-27(6)19(22(18)29)8-9-21-26(5)16-30(31,32)23(33)25(3,4)20(26)11-12-28(21,27)7/h17-22H,8-16H2,1-7H3,(H,34,35)/t18-,19+,20-,21+,22+,26-,27+,28+,29-/m0/s1. The number of alkyl halides is 2. The van der Waals surface area contributed by atoms with Crippen LogP contribution < -0.4 is 0 Å². The SMILES string of the molecule is CC(C)[C@@H]1CC[C@]2(C(=O)O)CC[C@]3(C)[C@H](CC[C@@H]4[C@@]5(C)CC(Br)(Br)C(=O)C(C)(C)[C@@H]5CC[C@]43C)[C@@H]12. The minimum atomic E-state index is -0.649. The molecule has 3 nitrogen and oxygen atoms in total. The number of carboxylic acids is 1. The Morgan fingerprint density at radius 1 is 0.886 bits per heavy atom. The number of carbonyl (C=O) groups is 2. The Bertz CT molecular complexity index is 942. The summed E-state index contributed by atoms with van der Waals surface area (Å²) < 4.78 is -0.649. The molecule has 5 aliphatic carbocycles. The second-order valence-corrected chi connectivity index (χ2v) is 18.8. The third-order valence-electron chi connectivity index (χ3n) is 13.4. The van der Waals surface area contributed by atoms with Crippen LogP contribution in [0.15, 0.2) is 0 Å². The van der Waals surface area contributed by atoms with Crippen LogP contribution in [0.5, 0.6) is 0 Å². The Morgan fingerprint density at radius 3 is 2.14 bits per heavy atom. The van der Waals surface area contributed by atoms with Crippen molar-refractivity contribution in [2.75, 3.05) is 0 Å². The summed E-state index contributed by atoms with van der Waals surface area (Å²) in [5.74, 6) is 2.56. The number of carboxylic acid groups (broad SMARTS) is 1. The van der Waals surface area contributed by atoms with Crippen molar-refractivity contribution in [2.24, 2.45) is 62.6 Å². The summed E-state index contributed by atoms with van der Waals surface area (Å²) in [6.45, 7) is 16.6. The van der Waals surface area contributed by atoms with Crippen molar-refractivity contribution in [3.05, 3.63) is 0 Å². The number of hydrogen-bond acceptors (Lipinski definition) is 2. The molecule has 35 heavy (non-hydrogen) atoms. The summed E-state index contributed by atoms with van der Waals surface area (Å²) in [5, 5.41) is 10.6. The molecule has 0 aromatic carbocycles.